The number of furan rings is 1. The molecule has 2 aromatic heterocycles. The summed E-state index contributed by atoms with van der Waals surface area (Å²) in [6.45, 7) is 29.7. The number of fused-ring (bicyclic) bond motifs is 9. The Labute approximate surface area is 401 Å². The molecular formula is C61H61BN2O2S. The van der Waals surface area contributed by atoms with Gasteiger partial charge < -0.3 is 19.0 Å². The van der Waals surface area contributed by atoms with Crippen LogP contribution in [0.25, 0.3) is 32.0 Å². The Morgan fingerprint density at radius 2 is 1.09 bits per heavy atom. The molecule has 0 amide bonds. The number of nitrogens with zero attached hydrogens (tertiary/aromatic N) is 2. The van der Waals surface area contributed by atoms with Crippen molar-refractivity contribution in [1.29, 1.82) is 0 Å². The Morgan fingerprint density at radius 3 is 1.72 bits per heavy atom. The van der Waals surface area contributed by atoms with Crippen molar-refractivity contribution in [2.45, 2.75) is 112 Å². The van der Waals surface area contributed by atoms with Crippen LogP contribution >= 0.6 is 11.3 Å². The maximum Gasteiger partial charge on any atom is 0.268 e. The van der Waals surface area contributed by atoms with E-state index < -0.39 is 0 Å². The van der Waals surface area contributed by atoms with Gasteiger partial charge in [0.05, 0.1) is 16.8 Å². The van der Waals surface area contributed by atoms with Gasteiger partial charge in [0.2, 0.25) is 0 Å². The highest BCUT2D eigenvalue weighted by molar-refractivity contribution is 7.33. The molecule has 67 heavy (non-hydrogen) atoms. The first kappa shape index (κ1) is 43.3. The summed E-state index contributed by atoms with van der Waals surface area (Å²) >= 11 is 1.88. The zero-order chi connectivity index (χ0) is 47.1. The van der Waals surface area contributed by atoms with Crippen molar-refractivity contribution in [3.05, 3.63) is 161 Å². The molecule has 9 aromatic rings. The van der Waals surface area contributed by atoms with Gasteiger partial charge >= 0.3 is 0 Å². The Kier molecular flexibility index (Phi) is 9.63. The SMILES string of the molecule is Cc1cc2c3c(c1)N(c1cc(N(c4ccc(C(C)(C)C)cc4)c4ccc(C(C)(C)C)cc4)cc4oc5ccccc5c14)c1ccc(C(C)(C)C)cc1B3c1sc3ccc(C(C)(C)C)cc3c1O2. The second kappa shape index (κ2) is 14.9. The van der Waals surface area contributed by atoms with Crippen molar-refractivity contribution in [3.63, 3.8) is 0 Å². The Morgan fingerprint density at radius 1 is 0.507 bits per heavy atom. The molecule has 0 aliphatic carbocycles. The molecule has 0 spiro atoms. The van der Waals surface area contributed by atoms with Crippen LogP contribution in [0.3, 0.4) is 0 Å². The molecular weight excluding hydrogens is 836 g/mol. The molecule has 7 aromatic carbocycles. The molecule has 6 heteroatoms. The minimum atomic E-state index is -0.0640. The highest BCUT2D eigenvalue weighted by Gasteiger charge is 2.45. The summed E-state index contributed by atoms with van der Waals surface area (Å²) in [6.07, 6.45) is 0. The van der Waals surface area contributed by atoms with Crippen LogP contribution in [0.1, 0.15) is 111 Å². The molecule has 4 nitrogen and oxygen atoms in total. The van der Waals surface area contributed by atoms with E-state index in [9.17, 15) is 0 Å². The van der Waals surface area contributed by atoms with Gasteiger partial charge in [0.15, 0.2) is 0 Å². The van der Waals surface area contributed by atoms with Crippen LogP contribution in [-0.2, 0) is 21.7 Å². The summed E-state index contributed by atoms with van der Waals surface area (Å²) in [5.41, 5.74) is 17.1. The van der Waals surface area contributed by atoms with Crippen molar-refractivity contribution in [2.75, 3.05) is 9.80 Å². The third-order valence-corrected chi connectivity index (χ3v) is 15.4. The molecule has 0 N–H and O–H groups in total. The fraction of sp³-hybridized carbons (Fsp3) is 0.279. The topological polar surface area (TPSA) is 28.9 Å². The van der Waals surface area contributed by atoms with Gasteiger partial charge in [0, 0.05) is 49.1 Å². The molecule has 2 aliphatic heterocycles. The van der Waals surface area contributed by atoms with E-state index in [2.05, 4.69) is 233 Å². The number of benzene rings is 7. The number of anilines is 6. The van der Waals surface area contributed by atoms with Gasteiger partial charge in [-0.3, -0.25) is 0 Å². The van der Waals surface area contributed by atoms with Crippen LogP contribution in [-0.4, -0.2) is 6.71 Å². The molecule has 0 saturated heterocycles. The number of hydrogen-bond donors (Lipinski definition) is 0. The fourth-order valence-corrected chi connectivity index (χ4v) is 11.6. The molecule has 4 heterocycles. The van der Waals surface area contributed by atoms with E-state index in [4.69, 9.17) is 9.15 Å². The predicted octanol–water partition coefficient (Wildman–Crippen LogP) is 16.2. The molecule has 0 fully saturated rings. The van der Waals surface area contributed by atoms with Crippen molar-refractivity contribution < 1.29 is 9.15 Å². The molecule has 0 saturated carbocycles. The maximum atomic E-state index is 7.27. The lowest BCUT2D eigenvalue weighted by Gasteiger charge is -2.40. The number of thiophene rings is 1. The fourth-order valence-electron chi connectivity index (χ4n) is 10.3. The number of rotatable bonds is 4. The van der Waals surface area contributed by atoms with Gasteiger partial charge in [-0.25, -0.2) is 0 Å². The minimum Gasteiger partial charge on any atom is -0.457 e. The van der Waals surface area contributed by atoms with E-state index in [1.165, 1.54) is 53.7 Å². The van der Waals surface area contributed by atoms with E-state index in [0.29, 0.717) is 0 Å². The van der Waals surface area contributed by atoms with Crippen molar-refractivity contribution in [3.8, 4) is 11.5 Å². The van der Waals surface area contributed by atoms with Crippen molar-refractivity contribution >= 4 is 99.9 Å². The van der Waals surface area contributed by atoms with Crippen LogP contribution in [0.4, 0.5) is 34.1 Å². The van der Waals surface area contributed by atoms with E-state index in [0.717, 1.165) is 67.4 Å². The predicted molar refractivity (Wildman–Crippen MR) is 289 cm³/mol. The zero-order valence-corrected chi connectivity index (χ0v) is 42.2. The van der Waals surface area contributed by atoms with E-state index in [1.54, 1.807) is 0 Å². The van der Waals surface area contributed by atoms with Crippen LogP contribution in [0.5, 0.6) is 11.5 Å². The molecule has 336 valence electrons. The third kappa shape index (κ3) is 7.17. The Hall–Kier alpha value is -6.24. The summed E-state index contributed by atoms with van der Waals surface area (Å²) in [5, 5.41) is 3.37. The van der Waals surface area contributed by atoms with Crippen LogP contribution in [0, 0.1) is 6.92 Å². The second-order valence-corrected chi connectivity index (χ2v) is 24.3. The monoisotopic (exact) mass is 896 g/mol. The summed E-state index contributed by atoms with van der Waals surface area (Å²) in [5.74, 6) is 1.92. The number of aryl methyl sites for hydroxylation is 1. The maximum absolute atomic E-state index is 7.27. The van der Waals surface area contributed by atoms with Crippen molar-refractivity contribution in [2.24, 2.45) is 0 Å². The lowest BCUT2D eigenvalue weighted by molar-refractivity contribution is 0.494. The standard InChI is InChI=1S/C61H61BN2O2S/c1-36-30-49-55-52(31-36)66-56-45-32-39(60(8,9)10)23-29-53(45)67-57(56)62(55)46-33-40(61(11,12)13)22-28-47(46)64(49)48-34-43(35-51-54(48)44-16-14-15-17-50(44)65-51)63(41-24-18-37(19-25-41)58(2,3)4)42-26-20-38(21-27-42)59(5,6)7/h14-35H,1-13H3. The van der Waals surface area contributed by atoms with Gasteiger partial charge in [0.1, 0.15) is 22.7 Å². The quantitative estimate of drug-likeness (QED) is 0.165. The molecule has 0 radical (unpaired) electrons. The average Bonchev–Trinajstić information content (AvgIpc) is 3.83. The van der Waals surface area contributed by atoms with Crippen LogP contribution in [0.15, 0.2) is 138 Å². The second-order valence-electron chi connectivity index (χ2n) is 23.2. The zero-order valence-electron chi connectivity index (χ0n) is 41.4. The molecule has 0 unspecified atom stereocenters. The van der Waals surface area contributed by atoms with E-state index in [-0.39, 0.29) is 28.4 Å². The number of ether oxygens (including phenoxy) is 1. The molecule has 2 aliphatic rings. The summed E-state index contributed by atoms with van der Waals surface area (Å²) in [6, 6.07) is 50.2. The highest BCUT2D eigenvalue weighted by Crippen LogP contribution is 2.51. The van der Waals surface area contributed by atoms with Crippen LogP contribution < -0.4 is 30.2 Å². The summed E-state index contributed by atoms with van der Waals surface area (Å²) in [7, 11) is 0. The van der Waals surface area contributed by atoms with Gasteiger partial charge in [-0.05, 0) is 134 Å². The Balaban J connectivity index is 1.21. The first-order valence-corrected chi connectivity index (χ1v) is 24.8. The molecule has 0 bridgehead atoms. The summed E-state index contributed by atoms with van der Waals surface area (Å²) < 4.78 is 16.7. The minimum absolute atomic E-state index is 0.0113. The van der Waals surface area contributed by atoms with Crippen LogP contribution in [0.2, 0.25) is 0 Å². The smallest absolute Gasteiger partial charge is 0.268 e. The van der Waals surface area contributed by atoms with Gasteiger partial charge in [-0.2, -0.15) is 0 Å². The molecule has 11 rings (SSSR count). The lowest BCUT2D eigenvalue weighted by atomic mass is 9.36. The highest BCUT2D eigenvalue weighted by atomic mass is 32.1. The van der Waals surface area contributed by atoms with Gasteiger partial charge in [-0.15, -0.1) is 11.3 Å². The van der Waals surface area contributed by atoms with E-state index in [1.807, 2.05) is 11.3 Å². The van der Waals surface area contributed by atoms with Gasteiger partial charge in [0.25, 0.3) is 6.71 Å². The average molecular weight is 897 g/mol. The largest absolute Gasteiger partial charge is 0.457 e. The normalized spacial score (nSPS) is 13.8. The Bertz CT molecular complexity index is 3380. The first-order chi connectivity index (χ1) is 31.6. The number of para-hydroxylation sites is 1. The number of hydrogen-bond acceptors (Lipinski definition) is 5. The lowest BCUT2D eigenvalue weighted by Crippen LogP contribution is -2.58. The first-order valence-electron chi connectivity index (χ1n) is 23.9. The molecule has 0 atom stereocenters. The summed E-state index contributed by atoms with van der Waals surface area (Å²) in [4.78, 5) is 4.93. The van der Waals surface area contributed by atoms with Crippen molar-refractivity contribution in [1.82, 2.24) is 0 Å². The third-order valence-electron chi connectivity index (χ3n) is 14.2. The van der Waals surface area contributed by atoms with Gasteiger partial charge in [-0.1, -0.05) is 144 Å². The van der Waals surface area contributed by atoms with E-state index >= 15 is 0 Å².